The lowest BCUT2D eigenvalue weighted by atomic mass is 9.94. The number of aromatic hydroxyl groups is 3. The van der Waals surface area contributed by atoms with E-state index in [0.717, 1.165) is 36.4 Å². The summed E-state index contributed by atoms with van der Waals surface area (Å²) >= 11 is 0. The minimum absolute atomic E-state index is 0.0433. The van der Waals surface area contributed by atoms with Gasteiger partial charge in [-0.1, -0.05) is 0 Å². The van der Waals surface area contributed by atoms with Crippen molar-refractivity contribution in [1.29, 1.82) is 0 Å². The van der Waals surface area contributed by atoms with Crippen LogP contribution in [0.4, 0.5) is 13.2 Å². The molecule has 0 amide bonds. The van der Waals surface area contributed by atoms with Crippen molar-refractivity contribution in [3.05, 3.63) is 72.0 Å². The molecule has 0 spiro atoms. The van der Waals surface area contributed by atoms with E-state index in [2.05, 4.69) is 0 Å². The molecule has 0 atom stereocenters. The summed E-state index contributed by atoms with van der Waals surface area (Å²) < 4.78 is 57.7. The van der Waals surface area contributed by atoms with Gasteiger partial charge in [-0.2, -0.15) is 0 Å². The lowest BCUT2D eigenvalue weighted by Gasteiger charge is -2.29. The highest BCUT2D eigenvalue weighted by atomic mass is 19.1. The molecule has 0 heterocycles. The van der Waals surface area contributed by atoms with E-state index < -0.39 is 40.1 Å². The van der Waals surface area contributed by atoms with Crippen LogP contribution in [-0.2, 0) is 0 Å². The van der Waals surface area contributed by atoms with Crippen molar-refractivity contribution >= 4 is 0 Å². The molecule has 3 aromatic carbocycles. The first kappa shape index (κ1) is 22.9. The van der Waals surface area contributed by atoms with Crippen molar-refractivity contribution in [1.82, 2.24) is 0 Å². The summed E-state index contributed by atoms with van der Waals surface area (Å²) in [6, 6.07) is 10.6. The zero-order valence-electron chi connectivity index (χ0n) is 17.0. The first-order valence-corrected chi connectivity index (χ1v) is 9.49. The lowest BCUT2D eigenvalue weighted by Crippen LogP contribution is -2.37. The second kappa shape index (κ2) is 9.59. The Balaban J connectivity index is 1.73. The number of phenolic OH excluding ortho intramolecular Hbond substituents is 3. The van der Waals surface area contributed by atoms with E-state index >= 15 is 0 Å². The second-order valence-electron chi connectivity index (χ2n) is 7.52. The number of halogens is 3. The molecule has 0 fully saturated rings. The van der Waals surface area contributed by atoms with Crippen LogP contribution in [0.2, 0.25) is 0 Å². The Kier molecular flexibility index (Phi) is 6.87. The van der Waals surface area contributed by atoms with Crippen LogP contribution in [0.25, 0.3) is 0 Å². The van der Waals surface area contributed by atoms with Gasteiger partial charge >= 0.3 is 0 Å². The van der Waals surface area contributed by atoms with Gasteiger partial charge < -0.3 is 29.5 Å². The van der Waals surface area contributed by atoms with E-state index in [-0.39, 0.29) is 37.1 Å². The zero-order chi connectivity index (χ0) is 23.3. The van der Waals surface area contributed by atoms with Crippen LogP contribution in [0.5, 0.6) is 34.5 Å². The third-order valence-electron chi connectivity index (χ3n) is 4.52. The molecule has 9 heteroatoms. The van der Waals surface area contributed by atoms with E-state index in [4.69, 9.17) is 14.2 Å². The van der Waals surface area contributed by atoms with E-state index in [1.54, 1.807) is 6.92 Å². The standard InChI is InChI=1S/C23H21F3O6/c1-23(11-30-14-2-5-20(27)17(24)8-14,12-31-15-3-6-21(28)18(25)9-15)13-32-16-4-7-22(29)19(26)10-16/h2-10,27-29H,11-13H2,1H3. The molecule has 0 saturated heterocycles. The van der Waals surface area contributed by atoms with Gasteiger partial charge in [-0.05, 0) is 43.3 Å². The first-order valence-electron chi connectivity index (χ1n) is 9.49. The monoisotopic (exact) mass is 450 g/mol. The van der Waals surface area contributed by atoms with Crippen LogP contribution in [-0.4, -0.2) is 35.1 Å². The molecule has 0 aliphatic rings. The van der Waals surface area contributed by atoms with Gasteiger partial charge in [0.15, 0.2) is 34.7 Å². The van der Waals surface area contributed by atoms with Crippen LogP contribution in [0.3, 0.4) is 0 Å². The molecular weight excluding hydrogens is 429 g/mol. The Hall–Kier alpha value is -3.75. The quantitative estimate of drug-likeness (QED) is 0.436. The summed E-state index contributed by atoms with van der Waals surface area (Å²) in [5, 5.41) is 27.9. The molecule has 0 saturated carbocycles. The molecule has 0 aliphatic heterocycles. The van der Waals surface area contributed by atoms with Crippen LogP contribution in [0.1, 0.15) is 6.92 Å². The smallest absolute Gasteiger partial charge is 0.168 e. The largest absolute Gasteiger partial charge is 0.505 e. The number of ether oxygens (including phenoxy) is 3. The molecule has 3 aromatic rings. The van der Waals surface area contributed by atoms with Crippen molar-refractivity contribution in [2.45, 2.75) is 6.92 Å². The molecule has 0 unspecified atom stereocenters. The van der Waals surface area contributed by atoms with Gasteiger partial charge in [0.25, 0.3) is 0 Å². The summed E-state index contributed by atoms with van der Waals surface area (Å²) in [6.07, 6.45) is 0. The molecule has 32 heavy (non-hydrogen) atoms. The second-order valence-corrected chi connectivity index (χ2v) is 7.52. The summed E-state index contributed by atoms with van der Waals surface area (Å²) in [5.74, 6) is -3.65. The molecular formula is C23H21F3O6. The van der Waals surface area contributed by atoms with Gasteiger partial charge in [0, 0.05) is 18.2 Å². The molecule has 0 bridgehead atoms. The summed E-state index contributed by atoms with van der Waals surface area (Å²) in [5.41, 5.74) is -0.892. The molecule has 3 rings (SSSR count). The predicted octanol–water partition coefficient (Wildman–Crippen LogP) is 4.76. The maximum absolute atomic E-state index is 13.6. The van der Waals surface area contributed by atoms with E-state index in [1.807, 2.05) is 0 Å². The number of rotatable bonds is 9. The third kappa shape index (κ3) is 5.90. The van der Waals surface area contributed by atoms with Crippen LogP contribution < -0.4 is 14.2 Å². The van der Waals surface area contributed by atoms with Crippen molar-refractivity contribution in [2.24, 2.45) is 5.41 Å². The maximum Gasteiger partial charge on any atom is 0.168 e. The molecule has 170 valence electrons. The third-order valence-corrected chi connectivity index (χ3v) is 4.52. The molecule has 6 nitrogen and oxygen atoms in total. The van der Waals surface area contributed by atoms with Crippen molar-refractivity contribution in [3.8, 4) is 34.5 Å². The number of benzene rings is 3. The zero-order valence-corrected chi connectivity index (χ0v) is 17.0. The SMILES string of the molecule is CC(COc1ccc(O)c(F)c1)(COc1ccc(O)c(F)c1)COc1ccc(O)c(F)c1. The topological polar surface area (TPSA) is 88.4 Å². The fraction of sp³-hybridized carbons (Fsp3) is 0.217. The number of phenols is 3. The Labute approximate surface area is 182 Å². The predicted molar refractivity (Wildman–Crippen MR) is 109 cm³/mol. The van der Waals surface area contributed by atoms with Crippen LogP contribution in [0, 0.1) is 22.9 Å². The normalized spacial score (nSPS) is 11.2. The van der Waals surface area contributed by atoms with Crippen molar-refractivity contribution in [3.63, 3.8) is 0 Å². The highest BCUT2D eigenvalue weighted by Gasteiger charge is 2.29. The van der Waals surface area contributed by atoms with Crippen LogP contribution >= 0.6 is 0 Å². The van der Waals surface area contributed by atoms with Crippen LogP contribution in [0.15, 0.2) is 54.6 Å². The van der Waals surface area contributed by atoms with E-state index in [9.17, 15) is 28.5 Å². The highest BCUT2D eigenvalue weighted by molar-refractivity contribution is 5.34. The first-order chi connectivity index (χ1) is 15.1. The minimum atomic E-state index is -0.892. The molecule has 3 N–H and O–H groups in total. The number of hydrogen-bond donors (Lipinski definition) is 3. The van der Waals surface area contributed by atoms with E-state index in [1.165, 1.54) is 18.2 Å². The average molecular weight is 450 g/mol. The van der Waals surface area contributed by atoms with Gasteiger partial charge in [0.1, 0.15) is 37.1 Å². The Bertz CT molecular complexity index is 955. The van der Waals surface area contributed by atoms with Gasteiger partial charge in [-0.15, -0.1) is 0 Å². The van der Waals surface area contributed by atoms with Gasteiger partial charge in [0.2, 0.25) is 0 Å². The summed E-state index contributed by atoms with van der Waals surface area (Å²) in [4.78, 5) is 0. The Morgan fingerprint density at radius 3 is 1.12 bits per heavy atom. The fourth-order valence-corrected chi connectivity index (χ4v) is 2.63. The summed E-state index contributed by atoms with van der Waals surface area (Å²) in [6.45, 7) is 1.59. The van der Waals surface area contributed by atoms with Gasteiger partial charge in [0.05, 0.1) is 5.41 Å². The Morgan fingerprint density at radius 2 is 0.875 bits per heavy atom. The van der Waals surface area contributed by atoms with Crippen molar-refractivity contribution < 1.29 is 42.7 Å². The maximum atomic E-state index is 13.6. The average Bonchev–Trinajstić information content (AvgIpc) is 2.76. The fourth-order valence-electron chi connectivity index (χ4n) is 2.63. The lowest BCUT2D eigenvalue weighted by molar-refractivity contribution is 0.0469. The van der Waals surface area contributed by atoms with Crippen molar-refractivity contribution in [2.75, 3.05) is 19.8 Å². The molecule has 0 aromatic heterocycles. The Morgan fingerprint density at radius 1 is 0.594 bits per heavy atom. The summed E-state index contributed by atoms with van der Waals surface area (Å²) in [7, 11) is 0. The van der Waals surface area contributed by atoms with E-state index in [0.29, 0.717) is 0 Å². The minimum Gasteiger partial charge on any atom is -0.505 e. The highest BCUT2D eigenvalue weighted by Crippen LogP contribution is 2.28. The van der Waals surface area contributed by atoms with Gasteiger partial charge in [-0.25, -0.2) is 13.2 Å². The van der Waals surface area contributed by atoms with Gasteiger partial charge in [-0.3, -0.25) is 0 Å². The molecule has 0 aliphatic carbocycles. The number of hydrogen-bond acceptors (Lipinski definition) is 6. The molecule has 0 radical (unpaired) electrons.